The third-order valence-corrected chi connectivity index (χ3v) is 5.21. The van der Waals surface area contributed by atoms with Gasteiger partial charge in [0.25, 0.3) is 0 Å². The first kappa shape index (κ1) is 15.0. The van der Waals surface area contributed by atoms with Gasteiger partial charge >= 0.3 is 0 Å². The van der Waals surface area contributed by atoms with Crippen molar-refractivity contribution < 1.29 is 13.2 Å². The number of sulfone groups is 1. The fourth-order valence-corrected chi connectivity index (χ4v) is 4.14. The van der Waals surface area contributed by atoms with Crippen LogP contribution in [0.5, 0.6) is 0 Å². The largest absolute Gasteiger partial charge is 0.351 e. The molecule has 5 nitrogen and oxygen atoms in total. The van der Waals surface area contributed by atoms with E-state index in [2.05, 4.69) is 10.6 Å². The molecule has 20 heavy (non-hydrogen) atoms. The summed E-state index contributed by atoms with van der Waals surface area (Å²) in [5.74, 6) is 0.585. The molecule has 0 saturated carbocycles. The molecule has 1 atom stereocenters. The average Bonchev–Trinajstić information content (AvgIpc) is 2.77. The zero-order valence-corrected chi connectivity index (χ0v) is 12.2. The SMILES string of the molecule is O=C(CNCC1CCS(=O)(=O)C1)NCc1ccccc1. The number of rotatable bonds is 6. The van der Waals surface area contributed by atoms with Gasteiger partial charge < -0.3 is 10.6 Å². The maximum Gasteiger partial charge on any atom is 0.234 e. The zero-order valence-electron chi connectivity index (χ0n) is 11.3. The van der Waals surface area contributed by atoms with Crippen LogP contribution in [-0.4, -0.2) is 38.9 Å². The Bertz CT molecular complexity index is 543. The summed E-state index contributed by atoms with van der Waals surface area (Å²) < 4.78 is 22.6. The van der Waals surface area contributed by atoms with Gasteiger partial charge in [-0.1, -0.05) is 30.3 Å². The fraction of sp³-hybridized carbons (Fsp3) is 0.500. The van der Waals surface area contributed by atoms with Crippen LogP contribution in [0.3, 0.4) is 0 Å². The summed E-state index contributed by atoms with van der Waals surface area (Å²) in [4.78, 5) is 11.6. The molecular formula is C14H20N2O3S. The van der Waals surface area contributed by atoms with Crippen LogP contribution < -0.4 is 10.6 Å². The lowest BCUT2D eigenvalue weighted by Gasteiger charge is -2.10. The van der Waals surface area contributed by atoms with Crippen molar-refractivity contribution in [1.29, 1.82) is 0 Å². The monoisotopic (exact) mass is 296 g/mol. The van der Waals surface area contributed by atoms with E-state index in [9.17, 15) is 13.2 Å². The van der Waals surface area contributed by atoms with Gasteiger partial charge in [-0.2, -0.15) is 0 Å². The predicted octanol–water partition coefficient (Wildman–Crippen LogP) is 0.327. The highest BCUT2D eigenvalue weighted by Crippen LogP contribution is 2.17. The minimum atomic E-state index is -2.83. The molecule has 0 spiro atoms. The molecule has 0 aromatic heterocycles. The second-order valence-electron chi connectivity index (χ2n) is 5.16. The highest BCUT2D eigenvalue weighted by molar-refractivity contribution is 7.91. The van der Waals surface area contributed by atoms with Gasteiger partial charge in [0.1, 0.15) is 0 Å². The topological polar surface area (TPSA) is 75.3 Å². The van der Waals surface area contributed by atoms with Crippen LogP contribution in [-0.2, 0) is 21.2 Å². The van der Waals surface area contributed by atoms with Crippen molar-refractivity contribution in [1.82, 2.24) is 10.6 Å². The predicted molar refractivity (Wildman–Crippen MR) is 77.9 cm³/mol. The number of carbonyl (C=O) groups is 1. The Morgan fingerprint density at radius 1 is 1.25 bits per heavy atom. The zero-order chi connectivity index (χ0) is 14.4. The van der Waals surface area contributed by atoms with E-state index < -0.39 is 9.84 Å². The molecule has 110 valence electrons. The first-order chi connectivity index (χ1) is 9.55. The highest BCUT2D eigenvalue weighted by atomic mass is 32.2. The lowest BCUT2D eigenvalue weighted by molar-refractivity contribution is -0.120. The van der Waals surface area contributed by atoms with Crippen molar-refractivity contribution in [2.75, 3.05) is 24.6 Å². The number of carbonyl (C=O) groups excluding carboxylic acids is 1. The molecule has 1 fully saturated rings. The number of nitrogens with one attached hydrogen (secondary N) is 2. The molecule has 1 saturated heterocycles. The molecule has 6 heteroatoms. The number of benzene rings is 1. The number of amides is 1. The summed E-state index contributed by atoms with van der Waals surface area (Å²) >= 11 is 0. The van der Waals surface area contributed by atoms with Gasteiger partial charge in [-0.3, -0.25) is 4.79 Å². The standard InChI is InChI=1S/C14H20N2O3S/c17-14(16-9-12-4-2-1-3-5-12)10-15-8-13-6-7-20(18,19)11-13/h1-5,13,15H,6-11H2,(H,16,17). The van der Waals surface area contributed by atoms with Gasteiger partial charge in [0.15, 0.2) is 9.84 Å². The van der Waals surface area contributed by atoms with Crippen LogP contribution in [0.15, 0.2) is 30.3 Å². The van der Waals surface area contributed by atoms with E-state index in [1.807, 2.05) is 30.3 Å². The molecule has 0 aliphatic carbocycles. The van der Waals surface area contributed by atoms with Crippen LogP contribution in [0, 0.1) is 5.92 Å². The first-order valence-corrected chi connectivity index (χ1v) is 8.59. The second kappa shape index (κ2) is 6.85. The summed E-state index contributed by atoms with van der Waals surface area (Å²) in [5.41, 5.74) is 1.06. The Hall–Kier alpha value is -1.40. The highest BCUT2D eigenvalue weighted by Gasteiger charge is 2.27. The molecule has 1 amide bonds. The summed E-state index contributed by atoms with van der Waals surface area (Å²) in [5, 5.41) is 5.85. The van der Waals surface area contributed by atoms with E-state index in [1.54, 1.807) is 0 Å². The summed E-state index contributed by atoms with van der Waals surface area (Å²) in [6.45, 7) is 1.32. The molecule has 1 aliphatic heterocycles. The van der Waals surface area contributed by atoms with Crippen molar-refractivity contribution >= 4 is 15.7 Å². The van der Waals surface area contributed by atoms with Crippen LogP contribution in [0.4, 0.5) is 0 Å². The molecule has 0 bridgehead atoms. The normalized spacial score (nSPS) is 20.7. The molecule has 1 aromatic rings. The van der Waals surface area contributed by atoms with E-state index in [0.717, 1.165) is 5.56 Å². The maximum atomic E-state index is 11.6. The van der Waals surface area contributed by atoms with Crippen LogP contribution in [0.1, 0.15) is 12.0 Å². The number of hydrogen-bond acceptors (Lipinski definition) is 4. The van der Waals surface area contributed by atoms with E-state index in [0.29, 0.717) is 19.5 Å². The molecule has 1 aliphatic rings. The molecule has 2 rings (SSSR count). The molecule has 1 aromatic carbocycles. The van der Waals surface area contributed by atoms with E-state index in [-0.39, 0.29) is 29.9 Å². The summed E-state index contributed by atoms with van der Waals surface area (Å²) in [6.07, 6.45) is 0.695. The minimum absolute atomic E-state index is 0.0743. The van der Waals surface area contributed by atoms with Gasteiger partial charge in [0, 0.05) is 6.54 Å². The third-order valence-electron chi connectivity index (χ3n) is 3.38. The van der Waals surface area contributed by atoms with E-state index in [4.69, 9.17) is 0 Å². The smallest absolute Gasteiger partial charge is 0.234 e. The lowest BCUT2D eigenvalue weighted by atomic mass is 10.1. The lowest BCUT2D eigenvalue weighted by Crippen LogP contribution is -2.35. The Kier molecular flexibility index (Phi) is 5.14. The van der Waals surface area contributed by atoms with E-state index in [1.165, 1.54) is 0 Å². The molecular weight excluding hydrogens is 276 g/mol. The Labute approximate surface area is 119 Å². The van der Waals surface area contributed by atoms with Gasteiger partial charge in [-0.25, -0.2) is 8.42 Å². The maximum absolute atomic E-state index is 11.6. The van der Waals surface area contributed by atoms with Crippen molar-refractivity contribution in [3.8, 4) is 0 Å². The van der Waals surface area contributed by atoms with Crippen LogP contribution in [0.25, 0.3) is 0 Å². The van der Waals surface area contributed by atoms with Crippen molar-refractivity contribution in [3.63, 3.8) is 0 Å². The summed E-state index contributed by atoms with van der Waals surface area (Å²) in [7, 11) is -2.83. The van der Waals surface area contributed by atoms with E-state index >= 15 is 0 Å². The summed E-state index contributed by atoms with van der Waals surface area (Å²) in [6, 6.07) is 9.71. The molecule has 2 N–H and O–H groups in total. The van der Waals surface area contributed by atoms with Crippen LogP contribution in [0.2, 0.25) is 0 Å². The minimum Gasteiger partial charge on any atom is -0.351 e. The van der Waals surface area contributed by atoms with Gasteiger partial charge in [-0.15, -0.1) is 0 Å². The Morgan fingerprint density at radius 3 is 2.65 bits per heavy atom. The van der Waals surface area contributed by atoms with Gasteiger partial charge in [0.05, 0.1) is 18.1 Å². The Balaban J connectivity index is 1.61. The molecule has 0 radical (unpaired) electrons. The third kappa shape index (κ3) is 4.94. The van der Waals surface area contributed by atoms with Gasteiger partial charge in [-0.05, 0) is 24.4 Å². The second-order valence-corrected chi connectivity index (χ2v) is 7.39. The first-order valence-electron chi connectivity index (χ1n) is 6.77. The van der Waals surface area contributed by atoms with Crippen molar-refractivity contribution in [3.05, 3.63) is 35.9 Å². The van der Waals surface area contributed by atoms with Gasteiger partial charge in [0.2, 0.25) is 5.91 Å². The fourth-order valence-electron chi connectivity index (χ4n) is 2.28. The number of hydrogen-bond donors (Lipinski definition) is 2. The molecule has 1 heterocycles. The van der Waals surface area contributed by atoms with Crippen molar-refractivity contribution in [2.24, 2.45) is 5.92 Å². The average molecular weight is 296 g/mol. The van der Waals surface area contributed by atoms with Crippen LogP contribution >= 0.6 is 0 Å². The Morgan fingerprint density at radius 2 is 2.00 bits per heavy atom. The molecule has 1 unspecified atom stereocenters. The van der Waals surface area contributed by atoms with Crippen molar-refractivity contribution in [2.45, 2.75) is 13.0 Å². The quantitative estimate of drug-likeness (QED) is 0.793.